The molecule has 3 unspecified atom stereocenters. The van der Waals surface area contributed by atoms with Crippen LogP contribution in [0.25, 0.3) is 0 Å². The molecule has 0 bridgehead atoms. The van der Waals surface area contributed by atoms with E-state index in [0.29, 0.717) is 6.04 Å². The molecule has 1 aliphatic rings. The highest BCUT2D eigenvalue weighted by molar-refractivity contribution is 9.10. The Labute approximate surface area is 104 Å². The van der Waals surface area contributed by atoms with Gasteiger partial charge in [-0.05, 0) is 65.0 Å². The molecule has 2 rings (SSSR count). The van der Waals surface area contributed by atoms with Crippen LogP contribution in [0.5, 0.6) is 0 Å². The summed E-state index contributed by atoms with van der Waals surface area (Å²) >= 11 is 5.15. The number of halogens is 1. The van der Waals surface area contributed by atoms with Crippen molar-refractivity contribution < 1.29 is 0 Å². The summed E-state index contributed by atoms with van der Waals surface area (Å²) in [6, 6.07) is 0.415. The topological polar surface area (TPSA) is 38.9 Å². The fourth-order valence-electron chi connectivity index (χ4n) is 2.36. The van der Waals surface area contributed by atoms with E-state index in [1.165, 1.54) is 28.6 Å². The standard InChI is InChI=1S/C11H17BrN2S/c1-7-2-3-9(13)4-8(7)5-11-10(12)6-14-15-11/h6-9H,2-5,13H2,1H3. The van der Waals surface area contributed by atoms with Crippen LogP contribution >= 0.6 is 27.5 Å². The van der Waals surface area contributed by atoms with Gasteiger partial charge >= 0.3 is 0 Å². The second-order valence-corrected chi connectivity index (χ2v) is 6.35. The van der Waals surface area contributed by atoms with Crippen molar-refractivity contribution in [2.45, 2.75) is 38.6 Å². The molecule has 1 saturated carbocycles. The Hall–Kier alpha value is 0.0700. The van der Waals surface area contributed by atoms with Crippen LogP contribution in [0.15, 0.2) is 10.7 Å². The fraction of sp³-hybridized carbons (Fsp3) is 0.727. The maximum Gasteiger partial charge on any atom is 0.0552 e. The van der Waals surface area contributed by atoms with Gasteiger partial charge in [0.2, 0.25) is 0 Å². The first-order valence-corrected chi connectivity index (χ1v) is 7.08. The van der Waals surface area contributed by atoms with Crippen LogP contribution in [-0.2, 0) is 6.42 Å². The van der Waals surface area contributed by atoms with Gasteiger partial charge in [0, 0.05) is 10.9 Å². The van der Waals surface area contributed by atoms with E-state index in [1.807, 2.05) is 6.20 Å². The third-order valence-corrected chi connectivity index (χ3v) is 5.21. The van der Waals surface area contributed by atoms with Crippen LogP contribution in [0.2, 0.25) is 0 Å². The molecule has 3 atom stereocenters. The van der Waals surface area contributed by atoms with Gasteiger partial charge in [-0.1, -0.05) is 6.92 Å². The van der Waals surface area contributed by atoms with Crippen molar-refractivity contribution in [3.05, 3.63) is 15.5 Å². The minimum Gasteiger partial charge on any atom is -0.328 e. The summed E-state index contributed by atoms with van der Waals surface area (Å²) in [6.07, 6.45) is 6.68. The lowest BCUT2D eigenvalue weighted by Gasteiger charge is -2.32. The first kappa shape index (κ1) is 11.6. The van der Waals surface area contributed by atoms with E-state index in [4.69, 9.17) is 5.73 Å². The van der Waals surface area contributed by atoms with Crippen molar-refractivity contribution >= 4 is 27.5 Å². The van der Waals surface area contributed by atoms with E-state index < -0.39 is 0 Å². The Morgan fingerprint density at radius 3 is 3.07 bits per heavy atom. The number of rotatable bonds is 2. The Morgan fingerprint density at radius 2 is 2.40 bits per heavy atom. The summed E-state index contributed by atoms with van der Waals surface area (Å²) in [6.45, 7) is 2.35. The maximum absolute atomic E-state index is 6.03. The lowest BCUT2D eigenvalue weighted by molar-refractivity contribution is 0.232. The van der Waals surface area contributed by atoms with E-state index in [-0.39, 0.29) is 0 Å². The molecule has 0 spiro atoms. The molecular formula is C11H17BrN2S. The first-order valence-electron chi connectivity index (χ1n) is 5.51. The minimum absolute atomic E-state index is 0.415. The van der Waals surface area contributed by atoms with Gasteiger partial charge in [-0.3, -0.25) is 0 Å². The molecule has 1 fully saturated rings. The molecule has 1 aromatic rings. The number of hydrogen-bond acceptors (Lipinski definition) is 3. The Morgan fingerprint density at radius 1 is 1.60 bits per heavy atom. The molecule has 1 heterocycles. The number of hydrogen-bond donors (Lipinski definition) is 1. The smallest absolute Gasteiger partial charge is 0.0552 e. The molecule has 0 amide bonds. The van der Waals surface area contributed by atoms with Crippen molar-refractivity contribution in [1.29, 1.82) is 0 Å². The molecule has 0 aromatic carbocycles. The first-order chi connectivity index (χ1) is 7.16. The monoisotopic (exact) mass is 288 g/mol. The normalized spacial score (nSPS) is 31.8. The van der Waals surface area contributed by atoms with E-state index in [9.17, 15) is 0 Å². The summed E-state index contributed by atoms with van der Waals surface area (Å²) in [4.78, 5) is 1.38. The summed E-state index contributed by atoms with van der Waals surface area (Å²) in [5, 5.41) is 0. The summed E-state index contributed by atoms with van der Waals surface area (Å²) < 4.78 is 5.36. The van der Waals surface area contributed by atoms with Crippen LogP contribution in [0.1, 0.15) is 31.1 Å². The average molecular weight is 289 g/mol. The van der Waals surface area contributed by atoms with Crippen LogP contribution in [0, 0.1) is 11.8 Å². The van der Waals surface area contributed by atoms with E-state index >= 15 is 0 Å². The van der Waals surface area contributed by atoms with Gasteiger partial charge in [-0.2, -0.15) is 4.37 Å². The van der Waals surface area contributed by atoms with E-state index in [2.05, 4.69) is 27.2 Å². The Bertz CT molecular complexity index is 326. The van der Waals surface area contributed by atoms with Crippen molar-refractivity contribution in [3.8, 4) is 0 Å². The van der Waals surface area contributed by atoms with Crippen molar-refractivity contribution in [2.75, 3.05) is 0 Å². The van der Waals surface area contributed by atoms with Crippen LogP contribution in [-0.4, -0.2) is 10.4 Å². The Balaban J connectivity index is 2.01. The van der Waals surface area contributed by atoms with Crippen molar-refractivity contribution in [2.24, 2.45) is 17.6 Å². The van der Waals surface area contributed by atoms with Crippen molar-refractivity contribution in [3.63, 3.8) is 0 Å². The van der Waals surface area contributed by atoms with Crippen LogP contribution < -0.4 is 5.73 Å². The third kappa shape index (κ3) is 2.80. The largest absolute Gasteiger partial charge is 0.328 e. The molecule has 1 aromatic heterocycles. The average Bonchev–Trinajstić information content (AvgIpc) is 2.58. The van der Waals surface area contributed by atoms with E-state index in [0.717, 1.165) is 18.3 Å². The highest BCUT2D eigenvalue weighted by Crippen LogP contribution is 2.34. The SMILES string of the molecule is CC1CCC(N)CC1Cc1sncc1Br. The van der Waals surface area contributed by atoms with Gasteiger partial charge in [0.05, 0.1) is 10.7 Å². The molecule has 0 radical (unpaired) electrons. The van der Waals surface area contributed by atoms with Gasteiger partial charge in [-0.15, -0.1) is 0 Å². The third-order valence-electron chi connectivity index (χ3n) is 3.45. The molecular weight excluding hydrogens is 272 g/mol. The van der Waals surface area contributed by atoms with Gasteiger partial charge in [0.15, 0.2) is 0 Å². The molecule has 84 valence electrons. The lowest BCUT2D eigenvalue weighted by Crippen LogP contribution is -2.33. The molecule has 0 saturated heterocycles. The highest BCUT2D eigenvalue weighted by atomic mass is 79.9. The van der Waals surface area contributed by atoms with Crippen molar-refractivity contribution in [1.82, 2.24) is 4.37 Å². The predicted molar refractivity (Wildman–Crippen MR) is 68.0 cm³/mol. The zero-order valence-electron chi connectivity index (χ0n) is 8.95. The van der Waals surface area contributed by atoms with Gasteiger partial charge in [0.25, 0.3) is 0 Å². The lowest BCUT2D eigenvalue weighted by atomic mass is 9.76. The van der Waals surface area contributed by atoms with Gasteiger partial charge in [-0.25, -0.2) is 0 Å². The second-order valence-electron chi connectivity index (χ2n) is 4.61. The van der Waals surface area contributed by atoms with Gasteiger partial charge < -0.3 is 5.73 Å². The van der Waals surface area contributed by atoms with E-state index in [1.54, 1.807) is 11.5 Å². The zero-order valence-corrected chi connectivity index (χ0v) is 11.4. The predicted octanol–water partition coefficient (Wildman–Crippen LogP) is 3.21. The highest BCUT2D eigenvalue weighted by Gasteiger charge is 2.26. The maximum atomic E-state index is 6.03. The van der Waals surface area contributed by atoms with Gasteiger partial charge in [0.1, 0.15) is 0 Å². The van der Waals surface area contributed by atoms with Crippen LogP contribution in [0.4, 0.5) is 0 Å². The summed E-state index contributed by atoms with van der Waals surface area (Å²) in [5.41, 5.74) is 6.03. The molecule has 4 heteroatoms. The van der Waals surface area contributed by atoms with Crippen LogP contribution in [0.3, 0.4) is 0 Å². The fourth-order valence-corrected chi connectivity index (χ4v) is 3.69. The molecule has 0 aliphatic heterocycles. The number of nitrogens with zero attached hydrogens (tertiary/aromatic N) is 1. The molecule has 15 heavy (non-hydrogen) atoms. The second kappa shape index (κ2) is 4.93. The minimum atomic E-state index is 0.415. The Kier molecular flexibility index (Phi) is 3.80. The summed E-state index contributed by atoms with van der Waals surface area (Å²) in [7, 11) is 0. The summed E-state index contributed by atoms with van der Waals surface area (Å²) in [5.74, 6) is 1.55. The number of aromatic nitrogens is 1. The zero-order chi connectivity index (χ0) is 10.8. The quantitative estimate of drug-likeness (QED) is 0.908. The molecule has 1 aliphatic carbocycles. The molecule has 2 N–H and O–H groups in total. The molecule has 2 nitrogen and oxygen atoms in total. The number of nitrogens with two attached hydrogens (primary N) is 1.